The molecule has 1 aromatic rings. The molecule has 1 atom stereocenters. The zero-order chi connectivity index (χ0) is 16.1. The molecular weight excluding hydrogens is 281 g/mol. The van der Waals surface area contributed by atoms with Crippen LogP contribution in [0.1, 0.15) is 20.8 Å². The van der Waals surface area contributed by atoms with E-state index in [2.05, 4.69) is 29.0 Å². The smallest absolute Gasteiger partial charge is 0.241 e. The maximum atomic E-state index is 13.2. The third-order valence-corrected chi connectivity index (χ3v) is 4.05. The molecule has 4 nitrogen and oxygen atoms in total. The Morgan fingerprint density at radius 1 is 1.23 bits per heavy atom. The van der Waals surface area contributed by atoms with Gasteiger partial charge in [-0.15, -0.1) is 0 Å². The van der Waals surface area contributed by atoms with Gasteiger partial charge in [0.2, 0.25) is 5.91 Å². The van der Waals surface area contributed by atoms with Crippen LogP contribution in [0.2, 0.25) is 0 Å². The van der Waals surface area contributed by atoms with Crippen LogP contribution in [-0.2, 0) is 4.79 Å². The van der Waals surface area contributed by atoms with Crippen LogP contribution >= 0.6 is 0 Å². The number of hydrogen-bond acceptors (Lipinski definition) is 3. The summed E-state index contributed by atoms with van der Waals surface area (Å²) in [5.74, 6) is 0.246. The van der Waals surface area contributed by atoms with E-state index in [4.69, 9.17) is 0 Å². The molecule has 1 fully saturated rings. The minimum Gasteiger partial charge on any atom is -0.325 e. The topological polar surface area (TPSA) is 35.6 Å². The van der Waals surface area contributed by atoms with Crippen molar-refractivity contribution < 1.29 is 9.18 Å². The van der Waals surface area contributed by atoms with Crippen molar-refractivity contribution in [3.05, 3.63) is 30.1 Å². The molecule has 2 rings (SSSR count). The Bertz CT molecular complexity index is 498. The number of carbonyl (C=O) groups excluding carboxylic acids is 1. The summed E-state index contributed by atoms with van der Waals surface area (Å²) in [5, 5.41) is 2.79. The van der Waals surface area contributed by atoms with Crippen LogP contribution in [-0.4, -0.2) is 54.5 Å². The van der Waals surface area contributed by atoms with Crippen molar-refractivity contribution in [2.75, 3.05) is 38.0 Å². The second kappa shape index (κ2) is 7.70. The highest BCUT2D eigenvalue weighted by atomic mass is 19.1. The number of halogens is 1. The molecule has 0 aromatic heterocycles. The third-order valence-electron chi connectivity index (χ3n) is 4.05. The minimum atomic E-state index is -0.340. The molecule has 1 heterocycles. The quantitative estimate of drug-likeness (QED) is 0.907. The maximum Gasteiger partial charge on any atom is 0.241 e. The number of nitrogens with zero attached hydrogens (tertiary/aromatic N) is 2. The van der Waals surface area contributed by atoms with Crippen LogP contribution in [0.3, 0.4) is 0 Å². The molecule has 1 aliphatic heterocycles. The Kier molecular flexibility index (Phi) is 5.91. The van der Waals surface area contributed by atoms with Crippen LogP contribution in [0, 0.1) is 11.7 Å². The number of amides is 1. The molecule has 0 saturated carbocycles. The van der Waals surface area contributed by atoms with Gasteiger partial charge in [-0.1, -0.05) is 19.9 Å². The van der Waals surface area contributed by atoms with Gasteiger partial charge < -0.3 is 10.2 Å². The van der Waals surface area contributed by atoms with Gasteiger partial charge in [-0.2, -0.15) is 0 Å². The lowest BCUT2D eigenvalue weighted by atomic mass is 10.1. The molecule has 1 N–H and O–H groups in total. The van der Waals surface area contributed by atoms with Crippen LogP contribution < -0.4 is 5.32 Å². The normalized spacial score (nSPS) is 18.4. The number of rotatable bonds is 5. The van der Waals surface area contributed by atoms with Crippen LogP contribution in [0.25, 0.3) is 0 Å². The van der Waals surface area contributed by atoms with E-state index in [9.17, 15) is 9.18 Å². The summed E-state index contributed by atoms with van der Waals surface area (Å²) in [6, 6.07) is 5.80. The van der Waals surface area contributed by atoms with Crippen LogP contribution in [0.5, 0.6) is 0 Å². The molecule has 0 aliphatic carbocycles. The van der Waals surface area contributed by atoms with Crippen molar-refractivity contribution in [2.24, 2.45) is 5.92 Å². The molecular formula is C17H26FN3O. The summed E-state index contributed by atoms with van der Waals surface area (Å²) in [6.45, 7) is 11.2. The predicted octanol–water partition coefficient (Wildman–Crippen LogP) is 2.43. The second-order valence-electron chi connectivity index (χ2n) is 6.41. The van der Waals surface area contributed by atoms with Crippen LogP contribution in [0.4, 0.5) is 10.1 Å². The summed E-state index contributed by atoms with van der Waals surface area (Å²) in [6.07, 6.45) is 0. The molecule has 1 amide bonds. The fraction of sp³-hybridized carbons (Fsp3) is 0.588. The number of piperazine rings is 1. The molecule has 0 radical (unpaired) electrons. The minimum absolute atomic E-state index is 0.0806. The van der Waals surface area contributed by atoms with Crippen molar-refractivity contribution in [1.29, 1.82) is 0 Å². The van der Waals surface area contributed by atoms with Gasteiger partial charge in [-0.05, 0) is 31.0 Å². The molecule has 1 unspecified atom stereocenters. The third kappa shape index (κ3) is 4.78. The molecule has 22 heavy (non-hydrogen) atoms. The van der Waals surface area contributed by atoms with Gasteiger partial charge in [0.25, 0.3) is 0 Å². The number of nitrogens with one attached hydrogen (secondary N) is 1. The Hall–Kier alpha value is -1.46. The van der Waals surface area contributed by atoms with E-state index < -0.39 is 0 Å². The van der Waals surface area contributed by atoms with E-state index in [1.807, 2.05) is 6.92 Å². The van der Waals surface area contributed by atoms with Gasteiger partial charge in [-0.3, -0.25) is 9.69 Å². The molecule has 0 spiro atoms. The summed E-state index contributed by atoms with van der Waals surface area (Å²) in [4.78, 5) is 16.9. The van der Waals surface area contributed by atoms with Crippen molar-refractivity contribution in [3.8, 4) is 0 Å². The zero-order valence-corrected chi connectivity index (χ0v) is 13.7. The lowest BCUT2D eigenvalue weighted by Crippen LogP contribution is -2.53. The fourth-order valence-corrected chi connectivity index (χ4v) is 2.83. The first-order valence-electron chi connectivity index (χ1n) is 7.98. The summed E-state index contributed by atoms with van der Waals surface area (Å²) >= 11 is 0. The number of anilines is 1. The van der Waals surface area contributed by atoms with Crippen molar-refractivity contribution in [3.63, 3.8) is 0 Å². The predicted molar refractivity (Wildman–Crippen MR) is 87.3 cm³/mol. The fourth-order valence-electron chi connectivity index (χ4n) is 2.83. The highest BCUT2D eigenvalue weighted by Gasteiger charge is 2.25. The monoisotopic (exact) mass is 307 g/mol. The van der Waals surface area contributed by atoms with E-state index in [0.29, 0.717) is 11.6 Å². The summed E-state index contributed by atoms with van der Waals surface area (Å²) < 4.78 is 13.2. The van der Waals surface area contributed by atoms with Gasteiger partial charge >= 0.3 is 0 Å². The van der Waals surface area contributed by atoms with Gasteiger partial charge in [0.1, 0.15) is 5.82 Å². The van der Waals surface area contributed by atoms with Gasteiger partial charge in [0, 0.05) is 38.4 Å². The SMILES string of the molecule is CC(C)CN1CCN(C(C)C(=O)Nc2cccc(F)c2)CC1. The van der Waals surface area contributed by atoms with Gasteiger partial charge in [-0.25, -0.2) is 4.39 Å². The van der Waals surface area contributed by atoms with Crippen molar-refractivity contribution >= 4 is 11.6 Å². The Labute approximate surface area is 132 Å². The molecule has 1 aromatic carbocycles. The maximum absolute atomic E-state index is 13.2. The van der Waals surface area contributed by atoms with Gasteiger partial charge in [0.15, 0.2) is 0 Å². The molecule has 5 heteroatoms. The standard InChI is InChI=1S/C17H26FN3O/c1-13(2)12-20-7-9-21(10-8-20)14(3)17(22)19-16-6-4-5-15(18)11-16/h4-6,11,13-14H,7-10,12H2,1-3H3,(H,19,22). The van der Waals surface area contributed by atoms with E-state index in [1.165, 1.54) is 12.1 Å². The van der Waals surface area contributed by atoms with E-state index in [1.54, 1.807) is 12.1 Å². The summed E-state index contributed by atoms with van der Waals surface area (Å²) in [7, 11) is 0. The molecule has 1 aliphatic rings. The summed E-state index contributed by atoms with van der Waals surface area (Å²) in [5.41, 5.74) is 0.510. The first-order chi connectivity index (χ1) is 10.5. The zero-order valence-electron chi connectivity index (χ0n) is 13.7. The van der Waals surface area contributed by atoms with Crippen molar-refractivity contribution in [1.82, 2.24) is 9.80 Å². The second-order valence-corrected chi connectivity index (χ2v) is 6.41. The van der Waals surface area contributed by atoms with E-state index >= 15 is 0 Å². The average Bonchev–Trinajstić information content (AvgIpc) is 2.46. The van der Waals surface area contributed by atoms with E-state index in [0.717, 1.165) is 32.7 Å². The Morgan fingerprint density at radius 3 is 2.50 bits per heavy atom. The lowest BCUT2D eigenvalue weighted by molar-refractivity contribution is -0.121. The molecule has 0 bridgehead atoms. The first-order valence-corrected chi connectivity index (χ1v) is 7.98. The lowest BCUT2D eigenvalue weighted by Gasteiger charge is -2.38. The average molecular weight is 307 g/mol. The number of carbonyl (C=O) groups is 1. The largest absolute Gasteiger partial charge is 0.325 e. The highest BCUT2D eigenvalue weighted by molar-refractivity contribution is 5.94. The molecule has 122 valence electrons. The Balaban J connectivity index is 1.84. The van der Waals surface area contributed by atoms with E-state index in [-0.39, 0.29) is 17.8 Å². The van der Waals surface area contributed by atoms with Crippen LogP contribution in [0.15, 0.2) is 24.3 Å². The number of benzene rings is 1. The highest BCUT2D eigenvalue weighted by Crippen LogP contribution is 2.13. The van der Waals surface area contributed by atoms with Crippen molar-refractivity contribution in [2.45, 2.75) is 26.8 Å². The van der Waals surface area contributed by atoms with Gasteiger partial charge in [0.05, 0.1) is 6.04 Å². The number of hydrogen-bond donors (Lipinski definition) is 1. The first kappa shape index (κ1) is 16.9. The Morgan fingerprint density at radius 2 is 1.91 bits per heavy atom. The molecule has 1 saturated heterocycles.